The van der Waals surface area contributed by atoms with Crippen LogP contribution >= 0.6 is 11.6 Å². The molecule has 2 aromatic rings. The minimum absolute atomic E-state index is 0.0128. The molecule has 0 saturated heterocycles. The maximum Gasteiger partial charge on any atom is 0.409 e. The van der Waals surface area contributed by atoms with E-state index in [-0.39, 0.29) is 22.1 Å². The van der Waals surface area contributed by atoms with Gasteiger partial charge >= 0.3 is 16.1 Å². The number of nitrogens with two attached hydrogens (primary N) is 1. The van der Waals surface area contributed by atoms with Crippen molar-refractivity contribution in [3.05, 3.63) is 59.5 Å². The number of urea groups is 1. The first-order valence-corrected chi connectivity index (χ1v) is 12.1. The zero-order valence-corrected chi connectivity index (χ0v) is 19.6. The number of hydrogen-bond acceptors (Lipinski definition) is 9. The fourth-order valence-corrected chi connectivity index (χ4v) is 3.74. The van der Waals surface area contributed by atoms with Crippen molar-refractivity contribution in [3.8, 4) is 0 Å². The largest absolute Gasteiger partial charge is 0.744 e. The number of carbonyl (C=O) groups excluding carboxylic acids is 1. The van der Waals surface area contributed by atoms with E-state index in [0.29, 0.717) is 11.8 Å². The number of benzene rings is 2. The van der Waals surface area contributed by atoms with Gasteiger partial charge in [-0.3, -0.25) is 0 Å². The van der Waals surface area contributed by atoms with Gasteiger partial charge in [-0.05, 0) is 43.3 Å². The van der Waals surface area contributed by atoms with Crippen LogP contribution in [0.25, 0.3) is 0 Å². The molecule has 2 aromatic carbocycles. The highest BCUT2D eigenvalue weighted by molar-refractivity contribution is 7.86. The van der Waals surface area contributed by atoms with Crippen LogP contribution in [-0.2, 0) is 20.2 Å². The first kappa shape index (κ1) is 26.9. The van der Waals surface area contributed by atoms with Gasteiger partial charge in [0.25, 0.3) is 0 Å². The van der Waals surface area contributed by atoms with Crippen LogP contribution in [0.5, 0.6) is 0 Å². The fourth-order valence-electron chi connectivity index (χ4n) is 2.46. The number of azo groups is 1. The van der Waals surface area contributed by atoms with E-state index < -0.39 is 47.6 Å². The van der Waals surface area contributed by atoms with Crippen molar-refractivity contribution in [2.75, 3.05) is 10.6 Å². The minimum atomic E-state index is -5.19. The van der Waals surface area contributed by atoms with Gasteiger partial charge in [0.2, 0.25) is 0 Å². The molecule has 0 aliphatic heterocycles. The Balaban J connectivity index is 2.54. The Labute approximate surface area is 198 Å². The lowest BCUT2D eigenvalue weighted by molar-refractivity contribution is 0.259. The normalized spacial score (nSPS) is 12.9. The molecular formula is C18H17ClFN5O7S2. The Morgan fingerprint density at radius 2 is 1.71 bits per heavy atom. The highest BCUT2D eigenvalue weighted by Gasteiger charge is 2.20. The molecule has 2 amide bonds. The molecule has 0 aromatic heterocycles. The summed E-state index contributed by atoms with van der Waals surface area (Å²) in [4.78, 5) is 9.62. The number of amides is 2. The summed E-state index contributed by atoms with van der Waals surface area (Å²) in [5.74, 6) is -0.874. The number of halogens is 2. The van der Waals surface area contributed by atoms with E-state index in [1.807, 2.05) is 0 Å². The van der Waals surface area contributed by atoms with Crippen LogP contribution in [0.1, 0.15) is 6.92 Å². The van der Waals surface area contributed by atoms with Crippen LogP contribution in [0.3, 0.4) is 0 Å². The second-order valence-electron chi connectivity index (χ2n) is 6.48. The first-order chi connectivity index (χ1) is 15.6. The molecule has 12 nitrogen and oxygen atoms in total. The number of primary amides is 1. The average molecular weight is 534 g/mol. The topological polar surface area (TPSA) is 206 Å². The van der Waals surface area contributed by atoms with Crippen molar-refractivity contribution in [1.29, 1.82) is 0 Å². The van der Waals surface area contributed by atoms with Crippen molar-refractivity contribution >= 4 is 60.6 Å². The van der Waals surface area contributed by atoms with Gasteiger partial charge in [0.1, 0.15) is 32.2 Å². The van der Waals surface area contributed by atoms with E-state index in [9.17, 15) is 30.6 Å². The van der Waals surface area contributed by atoms with E-state index in [4.69, 9.17) is 21.9 Å². The third-order valence-corrected chi connectivity index (χ3v) is 6.16. The van der Waals surface area contributed by atoms with Crippen LogP contribution in [0.15, 0.2) is 79.6 Å². The number of carbonyl (C=O) groups is 1. The number of hydrogen-bond donors (Lipinski definition) is 3. The summed E-state index contributed by atoms with van der Waals surface area (Å²) < 4.78 is 77.6. The average Bonchev–Trinajstić information content (AvgIpc) is 2.70. The van der Waals surface area contributed by atoms with E-state index in [2.05, 4.69) is 27.4 Å². The number of anilines is 2. The molecule has 2 rings (SSSR count). The predicted octanol–water partition coefficient (Wildman–Crippen LogP) is 3.28. The third-order valence-electron chi connectivity index (χ3n) is 3.93. The van der Waals surface area contributed by atoms with Gasteiger partial charge < -0.3 is 25.5 Å². The van der Waals surface area contributed by atoms with Crippen LogP contribution < -0.4 is 16.4 Å². The maximum absolute atomic E-state index is 13.2. The minimum Gasteiger partial charge on any atom is -0.744 e. The van der Waals surface area contributed by atoms with E-state index >= 15 is 0 Å². The van der Waals surface area contributed by atoms with Gasteiger partial charge in [-0.2, -0.15) is 0 Å². The van der Waals surface area contributed by atoms with Gasteiger partial charge in [-0.15, -0.1) is 18.6 Å². The van der Waals surface area contributed by atoms with Gasteiger partial charge in [0.05, 0.1) is 15.6 Å². The molecule has 0 aliphatic carbocycles. The van der Waals surface area contributed by atoms with Crippen molar-refractivity contribution in [1.82, 2.24) is 0 Å². The molecular weight excluding hydrogens is 517 g/mol. The highest BCUT2D eigenvalue weighted by atomic mass is 35.5. The number of nitrogens with one attached hydrogen (secondary N) is 2. The number of nitrogens with zero attached hydrogens (tertiary/aromatic N) is 2. The lowest BCUT2D eigenvalue weighted by atomic mass is 10.2. The maximum atomic E-state index is 13.2. The van der Waals surface area contributed by atoms with Crippen molar-refractivity contribution in [2.45, 2.75) is 16.7 Å². The standard InChI is InChI=1S/C18H17ClFN5O7S2/c1-9(20)17(19)10(2)22-11-3-5-13(15(7-11)23-18(21)26)24-25-14-6-4-12(33(27,28)29)8-16(14)34(30,31)32/h3-8,22H,1H2,2H3,(H3,21,23,26)(H,27,28,29)(H,30,31,32)/b17-10-,25-24?. The summed E-state index contributed by atoms with van der Waals surface area (Å²) in [5.41, 5.74) is 5.09. The summed E-state index contributed by atoms with van der Waals surface area (Å²) in [7, 11) is -9.74. The van der Waals surface area contributed by atoms with Gasteiger partial charge in [0.15, 0.2) is 0 Å². The van der Waals surface area contributed by atoms with Crippen molar-refractivity contribution < 1.29 is 35.1 Å². The Morgan fingerprint density at radius 3 is 2.24 bits per heavy atom. The lowest BCUT2D eigenvalue weighted by Crippen LogP contribution is -2.19. The highest BCUT2D eigenvalue weighted by Crippen LogP contribution is 2.33. The Kier molecular flexibility index (Phi) is 8.12. The molecule has 0 unspecified atom stereocenters. The smallest absolute Gasteiger partial charge is 0.409 e. The molecule has 182 valence electrons. The van der Waals surface area contributed by atoms with Crippen molar-refractivity contribution in [2.24, 2.45) is 16.0 Å². The summed E-state index contributed by atoms with van der Waals surface area (Å²) in [6.45, 7) is 4.54. The molecule has 0 saturated carbocycles. The quantitative estimate of drug-likeness (QED) is 0.199. The Morgan fingerprint density at radius 1 is 1.12 bits per heavy atom. The second kappa shape index (κ2) is 10.3. The zero-order valence-electron chi connectivity index (χ0n) is 17.2. The summed E-state index contributed by atoms with van der Waals surface area (Å²) >= 11 is 5.78. The van der Waals surface area contributed by atoms with Crippen LogP contribution in [0.2, 0.25) is 0 Å². The van der Waals surface area contributed by atoms with Crippen molar-refractivity contribution in [3.63, 3.8) is 0 Å². The van der Waals surface area contributed by atoms with E-state index in [1.165, 1.54) is 25.1 Å². The van der Waals surface area contributed by atoms with Crippen LogP contribution in [-0.4, -0.2) is 32.0 Å². The SMILES string of the molecule is C=C(F)/C(Cl)=C(\C)Nc1ccc(N=Nc2ccc(S(=O)(=O)[OH2+])cc2S(=O)(=O)[O-])c(NC(N)=O)c1. The zero-order chi connectivity index (χ0) is 25.8. The monoisotopic (exact) mass is 533 g/mol. The molecule has 0 aliphatic rings. The Hall–Kier alpha value is -3.37. The molecule has 0 fully saturated rings. The third kappa shape index (κ3) is 7.06. The molecule has 0 radical (unpaired) electrons. The molecule has 0 atom stereocenters. The number of allylic oxidation sites excluding steroid dienone is 3. The molecule has 0 spiro atoms. The van der Waals surface area contributed by atoms with E-state index in [1.54, 1.807) is 0 Å². The first-order valence-electron chi connectivity index (χ1n) is 8.79. The molecule has 0 bridgehead atoms. The number of rotatable bonds is 8. The summed E-state index contributed by atoms with van der Waals surface area (Å²) in [6.07, 6.45) is 0. The van der Waals surface area contributed by atoms with Gasteiger partial charge in [-0.25, -0.2) is 17.6 Å². The predicted molar refractivity (Wildman–Crippen MR) is 121 cm³/mol. The molecule has 16 heteroatoms. The van der Waals surface area contributed by atoms with Gasteiger partial charge in [0, 0.05) is 11.4 Å². The lowest BCUT2D eigenvalue weighted by Gasteiger charge is -2.12. The fraction of sp³-hybridized carbons (Fsp3) is 0.0556. The molecule has 0 heterocycles. The second-order valence-corrected chi connectivity index (χ2v) is 9.68. The summed E-state index contributed by atoms with van der Waals surface area (Å²) in [6, 6.07) is 5.34. The van der Waals surface area contributed by atoms with Crippen LogP contribution in [0, 0.1) is 0 Å². The van der Waals surface area contributed by atoms with E-state index in [0.717, 1.165) is 12.1 Å². The van der Waals surface area contributed by atoms with Crippen LogP contribution in [0.4, 0.5) is 31.9 Å². The Bertz CT molecular complexity index is 1440. The molecule has 6 N–H and O–H groups in total. The molecule has 34 heavy (non-hydrogen) atoms. The summed E-state index contributed by atoms with van der Waals surface area (Å²) in [5, 5.41) is 12.2. The van der Waals surface area contributed by atoms with Gasteiger partial charge in [-0.1, -0.05) is 18.2 Å².